The van der Waals surface area contributed by atoms with E-state index >= 15 is 0 Å². The SMILES string of the molecule is O=C(NCc1ccc(F)cc1)C(=O)NC[C@H]1OCCN1S(=O)(=O)c1ccc(F)cc1. The van der Waals surface area contributed by atoms with Crippen molar-refractivity contribution in [2.75, 3.05) is 19.7 Å². The van der Waals surface area contributed by atoms with Crippen molar-refractivity contribution >= 4 is 21.8 Å². The maximum atomic E-state index is 13.1. The second-order valence-corrected chi connectivity index (χ2v) is 8.30. The van der Waals surface area contributed by atoms with Crippen LogP contribution in [0.5, 0.6) is 0 Å². The van der Waals surface area contributed by atoms with Crippen LogP contribution in [0.2, 0.25) is 0 Å². The summed E-state index contributed by atoms with van der Waals surface area (Å²) in [6, 6.07) is 9.75. The summed E-state index contributed by atoms with van der Waals surface area (Å²) in [6.45, 7) is -0.0600. The molecule has 0 bridgehead atoms. The average molecular weight is 439 g/mol. The summed E-state index contributed by atoms with van der Waals surface area (Å²) in [5.74, 6) is -2.88. The van der Waals surface area contributed by atoms with Crippen molar-refractivity contribution in [2.45, 2.75) is 17.7 Å². The molecule has 30 heavy (non-hydrogen) atoms. The Bertz CT molecular complexity index is 1010. The second-order valence-electron chi connectivity index (χ2n) is 6.41. The highest BCUT2D eigenvalue weighted by Gasteiger charge is 2.36. The monoisotopic (exact) mass is 439 g/mol. The number of nitrogens with one attached hydrogen (secondary N) is 2. The maximum Gasteiger partial charge on any atom is 0.309 e. The molecule has 0 saturated carbocycles. The maximum absolute atomic E-state index is 13.1. The molecule has 1 aliphatic heterocycles. The van der Waals surface area contributed by atoms with Crippen LogP contribution in [0.4, 0.5) is 8.78 Å². The van der Waals surface area contributed by atoms with Crippen LogP contribution in [0.1, 0.15) is 5.56 Å². The Labute approximate surface area is 171 Å². The van der Waals surface area contributed by atoms with Crippen LogP contribution in [-0.4, -0.2) is 50.5 Å². The summed E-state index contributed by atoms with van der Waals surface area (Å²) in [6.07, 6.45) is -1.01. The van der Waals surface area contributed by atoms with Gasteiger partial charge < -0.3 is 15.4 Å². The van der Waals surface area contributed by atoms with Crippen molar-refractivity contribution < 1.29 is 31.5 Å². The normalized spacial score (nSPS) is 16.9. The number of halogens is 2. The smallest absolute Gasteiger partial charge is 0.309 e. The summed E-state index contributed by atoms with van der Waals surface area (Å²) in [5, 5.41) is 4.71. The molecule has 2 N–H and O–H groups in total. The fraction of sp³-hybridized carbons (Fsp3) is 0.263. The molecule has 2 aromatic carbocycles. The molecule has 0 aliphatic carbocycles. The fourth-order valence-electron chi connectivity index (χ4n) is 2.81. The average Bonchev–Trinajstić information content (AvgIpc) is 3.21. The van der Waals surface area contributed by atoms with Crippen LogP contribution >= 0.6 is 0 Å². The lowest BCUT2D eigenvalue weighted by molar-refractivity contribution is -0.139. The molecule has 3 rings (SSSR count). The van der Waals surface area contributed by atoms with E-state index in [-0.39, 0.29) is 31.1 Å². The van der Waals surface area contributed by atoms with Crippen LogP contribution in [0.25, 0.3) is 0 Å². The van der Waals surface area contributed by atoms with Crippen LogP contribution in [0.15, 0.2) is 53.4 Å². The molecule has 2 amide bonds. The van der Waals surface area contributed by atoms with Gasteiger partial charge in [-0.3, -0.25) is 9.59 Å². The first-order valence-electron chi connectivity index (χ1n) is 8.97. The number of hydrogen-bond donors (Lipinski definition) is 2. The Morgan fingerprint density at radius 1 is 0.967 bits per heavy atom. The van der Waals surface area contributed by atoms with Gasteiger partial charge in [-0.1, -0.05) is 12.1 Å². The molecule has 0 spiro atoms. The lowest BCUT2D eigenvalue weighted by Gasteiger charge is -2.22. The minimum atomic E-state index is -3.96. The third-order valence-corrected chi connectivity index (χ3v) is 6.28. The van der Waals surface area contributed by atoms with Crippen molar-refractivity contribution in [3.05, 3.63) is 65.7 Å². The van der Waals surface area contributed by atoms with Gasteiger partial charge in [0.05, 0.1) is 18.0 Å². The number of nitrogens with zero attached hydrogens (tertiary/aromatic N) is 1. The molecule has 1 fully saturated rings. The van der Waals surface area contributed by atoms with E-state index in [2.05, 4.69) is 10.6 Å². The third-order valence-electron chi connectivity index (χ3n) is 4.37. The van der Waals surface area contributed by atoms with Gasteiger partial charge in [0.25, 0.3) is 0 Å². The molecule has 11 heteroatoms. The van der Waals surface area contributed by atoms with Gasteiger partial charge in [0.15, 0.2) is 0 Å². The standard InChI is InChI=1S/C19H19F2N3O5S/c20-14-3-1-13(2-4-14)11-22-18(25)19(26)23-12-17-24(9-10-29-17)30(27,28)16-7-5-15(21)6-8-16/h1-8,17H,9-12H2,(H,22,25)(H,23,26)/t17-/m1/s1. The van der Waals surface area contributed by atoms with E-state index < -0.39 is 39.7 Å². The summed E-state index contributed by atoms with van der Waals surface area (Å²) in [5.41, 5.74) is 0.605. The topological polar surface area (TPSA) is 105 Å². The first-order chi connectivity index (χ1) is 14.3. The van der Waals surface area contributed by atoms with Gasteiger partial charge in [-0.15, -0.1) is 0 Å². The van der Waals surface area contributed by atoms with Crippen molar-refractivity contribution in [1.82, 2.24) is 14.9 Å². The lowest BCUT2D eigenvalue weighted by atomic mass is 10.2. The zero-order valence-corrected chi connectivity index (χ0v) is 16.5. The van der Waals surface area contributed by atoms with Gasteiger partial charge in [-0.2, -0.15) is 4.31 Å². The highest BCUT2D eigenvalue weighted by atomic mass is 32.2. The van der Waals surface area contributed by atoms with E-state index in [9.17, 15) is 26.8 Å². The predicted molar refractivity (Wildman–Crippen MR) is 101 cm³/mol. The van der Waals surface area contributed by atoms with E-state index in [4.69, 9.17) is 4.74 Å². The zero-order chi connectivity index (χ0) is 21.7. The van der Waals surface area contributed by atoms with E-state index in [1.165, 1.54) is 24.3 Å². The van der Waals surface area contributed by atoms with E-state index in [0.29, 0.717) is 5.56 Å². The summed E-state index contributed by atoms with van der Waals surface area (Å²) >= 11 is 0. The highest BCUT2D eigenvalue weighted by molar-refractivity contribution is 7.89. The van der Waals surface area contributed by atoms with Crippen LogP contribution in [-0.2, 0) is 30.9 Å². The number of amides is 2. The van der Waals surface area contributed by atoms with Gasteiger partial charge in [0.2, 0.25) is 10.0 Å². The Hall–Kier alpha value is -2.89. The zero-order valence-electron chi connectivity index (χ0n) is 15.7. The molecule has 2 aromatic rings. The van der Waals surface area contributed by atoms with Crippen molar-refractivity contribution in [1.29, 1.82) is 0 Å². The Morgan fingerprint density at radius 3 is 2.17 bits per heavy atom. The van der Waals surface area contributed by atoms with Crippen molar-refractivity contribution in [3.63, 3.8) is 0 Å². The quantitative estimate of drug-likeness (QED) is 0.647. The molecule has 1 atom stereocenters. The number of sulfonamides is 1. The fourth-order valence-corrected chi connectivity index (χ4v) is 4.32. The summed E-state index contributed by atoms with van der Waals surface area (Å²) < 4.78 is 57.8. The van der Waals surface area contributed by atoms with Gasteiger partial charge in [-0.05, 0) is 42.0 Å². The molecular formula is C19H19F2N3O5S. The lowest BCUT2D eigenvalue weighted by Crippen LogP contribution is -2.47. The minimum Gasteiger partial charge on any atom is -0.359 e. The van der Waals surface area contributed by atoms with Crippen LogP contribution in [0, 0.1) is 11.6 Å². The first-order valence-corrected chi connectivity index (χ1v) is 10.4. The molecule has 0 aromatic heterocycles. The molecule has 160 valence electrons. The van der Waals surface area contributed by atoms with Gasteiger partial charge in [-0.25, -0.2) is 17.2 Å². The van der Waals surface area contributed by atoms with E-state index in [0.717, 1.165) is 28.6 Å². The van der Waals surface area contributed by atoms with Gasteiger partial charge >= 0.3 is 11.8 Å². The van der Waals surface area contributed by atoms with E-state index in [1.54, 1.807) is 0 Å². The number of carbonyl (C=O) groups is 2. The Kier molecular flexibility index (Phi) is 6.75. The van der Waals surface area contributed by atoms with E-state index in [1.807, 2.05) is 0 Å². The summed E-state index contributed by atoms with van der Waals surface area (Å²) in [4.78, 5) is 23.8. The number of hydrogen-bond acceptors (Lipinski definition) is 5. The first kappa shape index (κ1) is 21.8. The number of carbonyl (C=O) groups excluding carboxylic acids is 2. The summed E-state index contributed by atoms with van der Waals surface area (Å²) in [7, 11) is -3.96. The molecule has 1 heterocycles. The van der Waals surface area contributed by atoms with Crippen molar-refractivity contribution in [2.24, 2.45) is 0 Å². The molecule has 1 saturated heterocycles. The molecular weight excluding hydrogens is 420 g/mol. The van der Waals surface area contributed by atoms with Crippen molar-refractivity contribution in [3.8, 4) is 0 Å². The second kappa shape index (κ2) is 9.28. The molecule has 0 radical (unpaired) electrons. The highest BCUT2D eigenvalue weighted by Crippen LogP contribution is 2.22. The third kappa shape index (κ3) is 5.17. The largest absolute Gasteiger partial charge is 0.359 e. The Morgan fingerprint density at radius 2 is 1.53 bits per heavy atom. The number of benzene rings is 2. The van der Waals surface area contributed by atoms with Crippen LogP contribution in [0.3, 0.4) is 0 Å². The molecule has 0 unspecified atom stereocenters. The molecule has 1 aliphatic rings. The Balaban J connectivity index is 1.54. The molecule has 8 nitrogen and oxygen atoms in total. The number of ether oxygens (including phenoxy) is 1. The predicted octanol–water partition coefficient (Wildman–Crippen LogP) is 0.744. The van der Waals surface area contributed by atoms with Gasteiger partial charge in [0, 0.05) is 13.1 Å². The number of rotatable bonds is 6. The minimum absolute atomic E-state index is 0.0253. The van der Waals surface area contributed by atoms with Crippen LogP contribution < -0.4 is 10.6 Å². The van der Waals surface area contributed by atoms with Gasteiger partial charge in [0.1, 0.15) is 17.9 Å².